The molecule has 1 aromatic rings. The molecule has 0 unspecified atom stereocenters. The first-order chi connectivity index (χ1) is 10.0. The molecule has 0 aromatic heterocycles. The van der Waals surface area contributed by atoms with Gasteiger partial charge in [0.25, 0.3) is 0 Å². The number of anilines is 1. The van der Waals surface area contributed by atoms with Gasteiger partial charge < -0.3 is 5.32 Å². The molecule has 1 amide bonds. The van der Waals surface area contributed by atoms with Crippen molar-refractivity contribution in [1.29, 1.82) is 0 Å². The van der Waals surface area contributed by atoms with E-state index in [1.54, 1.807) is 0 Å². The summed E-state index contributed by atoms with van der Waals surface area (Å²) in [5.41, 5.74) is 2.12. The summed E-state index contributed by atoms with van der Waals surface area (Å²) >= 11 is 0. The first-order valence-electron chi connectivity index (χ1n) is 7.66. The second-order valence-electron chi connectivity index (χ2n) is 6.16. The van der Waals surface area contributed by atoms with Crippen LogP contribution in [0.3, 0.4) is 0 Å². The zero-order chi connectivity index (χ0) is 15.2. The average Bonchev–Trinajstić information content (AvgIpc) is 2.43. The van der Waals surface area contributed by atoms with Crippen LogP contribution in [0.15, 0.2) is 24.3 Å². The maximum Gasteiger partial charge on any atom is 0.238 e. The van der Waals surface area contributed by atoms with Crippen LogP contribution in [0.25, 0.3) is 0 Å². The van der Waals surface area contributed by atoms with E-state index in [4.69, 9.17) is 0 Å². The van der Waals surface area contributed by atoms with Crippen molar-refractivity contribution in [1.82, 2.24) is 4.90 Å². The van der Waals surface area contributed by atoms with E-state index in [2.05, 4.69) is 31.3 Å². The third-order valence-electron chi connectivity index (χ3n) is 3.66. The summed E-state index contributed by atoms with van der Waals surface area (Å²) in [6.45, 7) is 6.14. The molecule has 1 heterocycles. The minimum Gasteiger partial charge on any atom is -0.325 e. The molecule has 21 heavy (non-hydrogen) atoms. The molecule has 0 aliphatic carbocycles. The smallest absolute Gasteiger partial charge is 0.238 e. The summed E-state index contributed by atoms with van der Waals surface area (Å²) < 4.78 is 0. The number of carbonyl (C=O) groups is 2. The number of ketones is 1. The number of likely N-dealkylation sites (tertiary alicyclic amines) is 1. The molecule has 4 nitrogen and oxygen atoms in total. The van der Waals surface area contributed by atoms with Crippen LogP contribution >= 0.6 is 0 Å². The molecule has 1 N–H and O–H groups in total. The average molecular weight is 288 g/mol. The Morgan fingerprint density at radius 3 is 2.38 bits per heavy atom. The van der Waals surface area contributed by atoms with Gasteiger partial charge in [-0.15, -0.1) is 0 Å². The molecule has 114 valence electrons. The Balaban J connectivity index is 1.80. The monoisotopic (exact) mass is 288 g/mol. The van der Waals surface area contributed by atoms with Crippen molar-refractivity contribution in [3.8, 4) is 0 Å². The van der Waals surface area contributed by atoms with Crippen LogP contribution in [0.5, 0.6) is 0 Å². The number of carbonyl (C=O) groups excluding carboxylic acids is 2. The van der Waals surface area contributed by atoms with Gasteiger partial charge in [-0.05, 0) is 30.0 Å². The number of benzene rings is 1. The Morgan fingerprint density at radius 2 is 1.81 bits per heavy atom. The van der Waals surface area contributed by atoms with Gasteiger partial charge in [0.2, 0.25) is 5.91 Å². The topological polar surface area (TPSA) is 49.4 Å². The molecule has 0 radical (unpaired) electrons. The zero-order valence-corrected chi connectivity index (χ0v) is 12.9. The third-order valence-corrected chi connectivity index (χ3v) is 3.66. The molecule has 1 aromatic carbocycles. The molecule has 1 saturated heterocycles. The SMILES string of the molecule is CC(C)Cc1ccc(NC(=O)CN2CCC(=O)CC2)cc1. The lowest BCUT2D eigenvalue weighted by Crippen LogP contribution is -2.39. The fourth-order valence-electron chi connectivity index (χ4n) is 2.56. The summed E-state index contributed by atoms with van der Waals surface area (Å²) in [5, 5.41) is 2.92. The van der Waals surface area contributed by atoms with Gasteiger partial charge in [0.15, 0.2) is 0 Å². The molecule has 0 spiro atoms. The van der Waals surface area contributed by atoms with Gasteiger partial charge >= 0.3 is 0 Å². The van der Waals surface area contributed by atoms with Crippen molar-refractivity contribution in [2.45, 2.75) is 33.1 Å². The largest absolute Gasteiger partial charge is 0.325 e. The number of rotatable bonds is 5. The summed E-state index contributed by atoms with van der Waals surface area (Å²) in [6, 6.07) is 8.04. The Morgan fingerprint density at radius 1 is 1.19 bits per heavy atom. The zero-order valence-electron chi connectivity index (χ0n) is 12.9. The molecule has 1 aliphatic heterocycles. The number of hydrogen-bond acceptors (Lipinski definition) is 3. The molecule has 4 heteroatoms. The van der Waals surface area contributed by atoms with E-state index in [-0.39, 0.29) is 5.91 Å². The van der Waals surface area contributed by atoms with Crippen molar-refractivity contribution >= 4 is 17.4 Å². The van der Waals surface area contributed by atoms with E-state index in [1.165, 1.54) is 5.56 Å². The lowest BCUT2D eigenvalue weighted by Gasteiger charge is -2.24. The minimum absolute atomic E-state index is 0.0130. The van der Waals surface area contributed by atoms with E-state index in [9.17, 15) is 9.59 Å². The molecule has 0 saturated carbocycles. The Bertz CT molecular complexity index is 484. The number of hydrogen-bond donors (Lipinski definition) is 1. The molecule has 0 bridgehead atoms. The minimum atomic E-state index is -0.0130. The molecule has 1 aliphatic rings. The number of nitrogens with zero attached hydrogens (tertiary/aromatic N) is 1. The maximum atomic E-state index is 12.0. The normalized spacial score (nSPS) is 16.2. The van der Waals surface area contributed by atoms with Gasteiger partial charge in [-0.2, -0.15) is 0 Å². The Kier molecular flexibility index (Phi) is 5.51. The van der Waals surface area contributed by atoms with Crippen LogP contribution in [0.1, 0.15) is 32.3 Å². The summed E-state index contributed by atoms with van der Waals surface area (Å²) in [4.78, 5) is 25.2. The Hall–Kier alpha value is -1.68. The molecular weight excluding hydrogens is 264 g/mol. The van der Waals surface area contributed by atoms with Crippen molar-refractivity contribution in [3.05, 3.63) is 29.8 Å². The molecule has 0 atom stereocenters. The Labute approximate surface area is 126 Å². The van der Waals surface area contributed by atoms with Crippen LogP contribution in [0.4, 0.5) is 5.69 Å². The van der Waals surface area contributed by atoms with Crippen molar-refractivity contribution in [2.24, 2.45) is 5.92 Å². The molecule has 2 rings (SSSR count). The van der Waals surface area contributed by atoms with Crippen LogP contribution in [0, 0.1) is 5.92 Å². The van der Waals surface area contributed by atoms with E-state index in [1.807, 2.05) is 17.0 Å². The molecular formula is C17H24N2O2. The molecule has 1 fully saturated rings. The highest BCUT2D eigenvalue weighted by Gasteiger charge is 2.18. The lowest BCUT2D eigenvalue weighted by atomic mass is 10.0. The predicted molar refractivity (Wildman–Crippen MR) is 84.3 cm³/mol. The number of piperidine rings is 1. The highest BCUT2D eigenvalue weighted by atomic mass is 16.2. The maximum absolute atomic E-state index is 12.0. The van der Waals surface area contributed by atoms with Crippen molar-refractivity contribution in [2.75, 3.05) is 25.0 Å². The first kappa shape index (κ1) is 15.7. The van der Waals surface area contributed by atoms with Crippen LogP contribution in [0.2, 0.25) is 0 Å². The van der Waals surface area contributed by atoms with E-state index in [0.717, 1.165) is 12.1 Å². The number of nitrogens with one attached hydrogen (secondary N) is 1. The third kappa shape index (κ3) is 5.31. The highest BCUT2D eigenvalue weighted by molar-refractivity contribution is 5.92. The van der Waals surface area contributed by atoms with Gasteiger partial charge in [0.05, 0.1) is 6.54 Å². The van der Waals surface area contributed by atoms with E-state index < -0.39 is 0 Å². The first-order valence-corrected chi connectivity index (χ1v) is 7.66. The van der Waals surface area contributed by atoms with Gasteiger partial charge in [-0.1, -0.05) is 26.0 Å². The lowest BCUT2D eigenvalue weighted by molar-refractivity contribution is -0.124. The van der Waals surface area contributed by atoms with Gasteiger partial charge in [0.1, 0.15) is 5.78 Å². The van der Waals surface area contributed by atoms with Gasteiger partial charge in [-0.25, -0.2) is 0 Å². The van der Waals surface area contributed by atoms with E-state index >= 15 is 0 Å². The second-order valence-corrected chi connectivity index (χ2v) is 6.16. The van der Waals surface area contributed by atoms with Crippen molar-refractivity contribution < 1.29 is 9.59 Å². The van der Waals surface area contributed by atoms with Crippen LogP contribution < -0.4 is 5.32 Å². The summed E-state index contributed by atoms with van der Waals surface area (Å²) in [7, 11) is 0. The standard InChI is InChI=1S/C17H24N2O2/c1-13(2)11-14-3-5-15(6-4-14)18-17(21)12-19-9-7-16(20)8-10-19/h3-6,13H,7-12H2,1-2H3,(H,18,21). The summed E-state index contributed by atoms with van der Waals surface area (Å²) in [5.74, 6) is 0.917. The van der Waals surface area contributed by atoms with E-state index in [0.29, 0.717) is 44.2 Å². The fourth-order valence-corrected chi connectivity index (χ4v) is 2.56. The quantitative estimate of drug-likeness (QED) is 0.905. The van der Waals surface area contributed by atoms with Gasteiger partial charge in [0, 0.05) is 31.6 Å². The number of amides is 1. The highest BCUT2D eigenvalue weighted by Crippen LogP contribution is 2.13. The summed E-state index contributed by atoms with van der Waals surface area (Å²) in [6.07, 6.45) is 2.18. The van der Waals surface area contributed by atoms with Crippen LogP contribution in [-0.4, -0.2) is 36.2 Å². The van der Waals surface area contributed by atoms with Gasteiger partial charge in [-0.3, -0.25) is 14.5 Å². The van der Waals surface area contributed by atoms with Crippen LogP contribution in [-0.2, 0) is 16.0 Å². The second kappa shape index (κ2) is 7.36. The van der Waals surface area contributed by atoms with Crippen molar-refractivity contribution in [3.63, 3.8) is 0 Å². The number of Topliss-reactive ketones (excluding diaryl/α,β-unsaturated/α-hetero) is 1. The predicted octanol–water partition coefficient (Wildman–Crippen LogP) is 2.49. The fraction of sp³-hybridized carbons (Fsp3) is 0.529.